The molecule has 1 fully saturated rings. The number of hydrogen-bond donors (Lipinski definition) is 0. The first-order valence-electron chi connectivity index (χ1n) is 8.96. The molecule has 0 amide bonds. The monoisotopic (exact) mass is 342 g/mol. The van der Waals surface area contributed by atoms with Gasteiger partial charge in [-0.05, 0) is 37.1 Å². The van der Waals surface area contributed by atoms with Crippen molar-refractivity contribution < 1.29 is 0 Å². The first kappa shape index (κ1) is 17.2. The molecule has 1 aliphatic heterocycles. The van der Waals surface area contributed by atoms with Crippen LogP contribution in [0.3, 0.4) is 0 Å². The summed E-state index contributed by atoms with van der Waals surface area (Å²) in [5.74, 6) is 2.99. The van der Waals surface area contributed by atoms with Gasteiger partial charge in [0.2, 0.25) is 0 Å². The van der Waals surface area contributed by atoms with Gasteiger partial charge in [-0.25, -0.2) is 9.97 Å². The molecule has 1 saturated heterocycles. The lowest BCUT2D eigenvalue weighted by Crippen LogP contribution is -2.30. The van der Waals surface area contributed by atoms with Crippen LogP contribution in [0.2, 0.25) is 0 Å². The fourth-order valence-electron chi connectivity index (χ4n) is 3.12. The molecule has 3 rings (SSSR count). The zero-order chi connectivity index (χ0) is 16.8. The fourth-order valence-corrected chi connectivity index (χ4v) is 4.21. The number of hydrogen-bond acceptors (Lipinski definition) is 5. The van der Waals surface area contributed by atoms with Gasteiger partial charge in [-0.15, -0.1) is 0 Å². The molecule has 5 heteroatoms. The van der Waals surface area contributed by atoms with E-state index in [9.17, 15) is 0 Å². The highest BCUT2D eigenvalue weighted by Crippen LogP contribution is 2.26. The topological polar surface area (TPSA) is 41.9 Å². The van der Waals surface area contributed by atoms with Crippen LogP contribution in [0, 0.1) is 0 Å². The van der Waals surface area contributed by atoms with E-state index in [2.05, 4.69) is 41.6 Å². The lowest BCUT2D eigenvalue weighted by molar-refractivity contribution is 0.735. The first-order chi connectivity index (χ1) is 11.8. The average molecular weight is 343 g/mol. The molecule has 1 unspecified atom stereocenters. The van der Waals surface area contributed by atoms with Crippen LogP contribution >= 0.6 is 11.8 Å². The predicted octanol–water partition coefficient (Wildman–Crippen LogP) is 4.21. The summed E-state index contributed by atoms with van der Waals surface area (Å²) in [4.78, 5) is 16.4. The van der Waals surface area contributed by atoms with Crippen molar-refractivity contribution in [1.82, 2.24) is 15.0 Å². The van der Waals surface area contributed by atoms with Crippen LogP contribution in [-0.4, -0.2) is 39.0 Å². The van der Waals surface area contributed by atoms with Crippen LogP contribution in [0.5, 0.6) is 0 Å². The summed E-state index contributed by atoms with van der Waals surface area (Å²) in [6.45, 7) is 6.56. The Bertz CT molecular complexity index is 647. The van der Waals surface area contributed by atoms with Gasteiger partial charge < -0.3 is 4.90 Å². The standard InChI is InChI=1S/C19H26N4S/c1-3-15-13-18(22-19(21-15)17-10-5-7-11-20-17)23-12-8-6-9-16(14-23)24-4-2/h5,7,10-11,13,16H,3-4,6,8-9,12,14H2,1-2H3. The summed E-state index contributed by atoms with van der Waals surface area (Å²) in [5.41, 5.74) is 1.94. The number of rotatable bonds is 5. The summed E-state index contributed by atoms with van der Waals surface area (Å²) in [5, 5.41) is 0.704. The van der Waals surface area contributed by atoms with Crippen molar-refractivity contribution in [1.29, 1.82) is 0 Å². The van der Waals surface area contributed by atoms with Crippen molar-refractivity contribution in [2.45, 2.75) is 44.8 Å². The van der Waals surface area contributed by atoms with Crippen LogP contribution in [-0.2, 0) is 6.42 Å². The molecule has 0 spiro atoms. The van der Waals surface area contributed by atoms with E-state index in [1.54, 1.807) is 6.20 Å². The summed E-state index contributed by atoms with van der Waals surface area (Å²) < 4.78 is 0. The molecule has 0 bridgehead atoms. The van der Waals surface area contributed by atoms with Crippen molar-refractivity contribution in [3.05, 3.63) is 36.2 Å². The Kier molecular flexibility index (Phi) is 6.07. The van der Waals surface area contributed by atoms with Crippen LogP contribution < -0.4 is 4.90 Å². The van der Waals surface area contributed by atoms with Crippen molar-refractivity contribution in [3.63, 3.8) is 0 Å². The van der Waals surface area contributed by atoms with Gasteiger partial charge in [0, 0.05) is 36.3 Å². The first-order valence-corrected chi connectivity index (χ1v) is 10.0. The smallest absolute Gasteiger partial charge is 0.180 e. The minimum absolute atomic E-state index is 0.704. The third-order valence-electron chi connectivity index (χ3n) is 4.38. The van der Waals surface area contributed by atoms with E-state index in [-0.39, 0.29) is 0 Å². The van der Waals surface area contributed by atoms with Gasteiger partial charge in [-0.2, -0.15) is 11.8 Å². The molecule has 1 aliphatic rings. The van der Waals surface area contributed by atoms with E-state index in [4.69, 9.17) is 9.97 Å². The van der Waals surface area contributed by atoms with Crippen molar-refractivity contribution in [2.24, 2.45) is 0 Å². The highest BCUT2D eigenvalue weighted by molar-refractivity contribution is 7.99. The average Bonchev–Trinajstić information content (AvgIpc) is 2.88. The molecule has 24 heavy (non-hydrogen) atoms. The largest absolute Gasteiger partial charge is 0.355 e. The second-order valence-corrected chi connectivity index (χ2v) is 7.71. The van der Waals surface area contributed by atoms with Gasteiger partial charge in [-0.1, -0.05) is 26.3 Å². The molecule has 1 atom stereocenters. The minimum atomic E-state index is 0.704. The second-order valence-electron chi connectivity index (χ2n) is 6.13. The highest BCUT2D eigenvalue weighted by Gasteiger charge is 2.20. The maximum atomic E-state index is 4.85. The predicted molar refractivity (Wildman–Crippen MR) is 103 cm³/mol. The van der Waals surface area contributed by atoms with Gasteiger partial charge in [0.1, 0.15) is 11.5 Å². The molecule has 128 valence electrons. The van der Waals surface area contributed by atoms with Gasteiger partial charge in [0.15, 0.2) is 5.82 Å². The Morgan fingerprint density at radius 3 is 2.88 bits per heavy atom. The molecule has 3 heterocycles. The molecule has 0 N–H and O–H groups in total. The molecular formula is C19H26N4S. The Balaban J connectivity index is 1.91. The Morgan fingerprint density at radius 2 is 2.12 bits per heavy atom. The molecule has 2 aromatic heterocycles. The maximum absolute atomic E-state index is 4.85. The maximum Gasteiger partial charge on any atom is 0.180 e. The summed E-state index contributed by atoms with van der Waals surface area (Å²) >= 11 is 2.08. The summed E-state index contributed by atoms with van der Waals surface area (Å²) in [6.07, 6.45) is 6.58. The fraction of sp³-hybridized carbons (Fsp3) is 0.526. The SMILES string of the molecule is CCSC1CCCCN(c2cc(CC)nc(-c3ccccn3)n2)C1. The second kappa shape index (κ2) is 8.47. The normalized spacial score (nSPS) is 18.4. The molecule has 0 radical (unpaired) electrons. The van der Waals surface area contributed by atoms with Crippen LogP contribution in [0.15, 0.2) is 30.5 Å². The van der Waals surface area contributed by atoms with Crippen LogP contribution in [0.25, 0.3) is 11.5 Å². The van der Waals surface area contributed by atoms with Gasteiger partial charge in [-0.3, -0.25) is 4.98 Å². The zero-order valence-corrected chi connectivity index (χ0v) is 15.4. The van der Waals surface area contributed by atoms with E-state index >= 15 is 0 Å². The molecular weight excluding hydrogens is 316 g/mol. The quantitative estimate of drug-likeness (QED) is 0.814. The van der Waals surface area contributed by atoms with Crippen molar-refractivity contribution in [3.8, 4) is 11.5 Å². The van der Waals surface area contributed by atoms with Gasteiger partial charge in [0.25, 0.3) is 0 Å². The molecule has 0 aliphatic carbocycles. The lowest BCUT2D eigenvalue weighted by Gasteiger charge is -2.25. The Morgan fingerprint density at radius 1 is 1.21 bits per heavy atom. The van der Waals surface area contributed by atoms with E-state index < -0.39 is 0 Å². The van der Waals surface area contributed by atoms with Crippen LogP contribution in [0.1, 0.15) is 38.8 Å². The van der Waals surface area contributed by atoms with Gasteiger partial charge in [0.05, 0.1) is 0 Å². The van der Waals surface area contributed by atoms with E-state index in [0.29, 0.717) is 5.25 Å². The minimum Gasteiger partial charge on any atom is -0.355 e. The number of aromatic nitrogens is 3. The number of aryl methyl sites for hydroxylation is 1. The Labute approximate surface area is 149 Å². The summed E-state index contributed by atoms with van der Waals surface area (Å²) in [7, 11) is 0. The molecule has 4 nitrogen and oxygen atoms in total. The number of pyridine rings is 1. The van der Waals surface area contributed by atoms with E-state index in [0.717, 1.165) is 42.5 Å². The molecule has 2 aromatic rings. The summed E-state index contributed by atoms with van der Waals surface area (Å²) in [6, 6.07) is 8.06. The van der Waals surface area contributed by atoms with Crippen molar-refractivity contribution in [2.75, 3.05) is 23.7 Å². The Hall–Kier alpha value is -1.62. The number of thioether (sulfide) groups is 1. The third-order valence-corrected chi connectivity index (χ3v) is 5.57. The van der Waals surface area contributed by atoms with Crippen molar-refractivity contribution >= 4 is 17.6 Å². The molecule has 0 saturated carbocycles. The van der Waals surface area contributed by atoms with Gasteiger partial charge >= 0.3 is 0 Å². The molecule has 0 aromatic carbocycles. The number of anilines is 1. The lowest BCUT2D eigenvalue weighted by atomic mass is 10.2. The van der Waals surface area contributed by atoms with E-state index in [1.807, 2.05) is 18.2 Å². The highest BCUT2D eigenvalue weighted by atomic mass is 32.2. The van der Waals surface area contributed by atoms with E-state index in [1.165, 1.54) is 25.0 Å². The number of nitrogens with zero attached hydrogens (tertiary/aromatic N) is 4. The van der Waals surface area contributed by atoms with Crippen LogP contribution in [0.4, 0.5) is 5.82 Å². The third kappa shape index (κ3) is 4.26. The zero-order valence-electron chi connectivity index (χ0n) is 14.6.